The lowest BCUT2D eigenvalue weighted by molar-refractivity contribution is 0.524. The number of aliphatic imine (C=N–C) groups is 1. The van der Waals surface area contributed by atoms with Crippen molar-refractivity contribution in [2.24, 2.45) is 16.8 Å². The van der Waals surface area contributed by atoms with Gasteiger partial charge in [-0.05, 0) is 24.7 Å². The molecule has 2 bridgehead atoms. The van der Waals surface area contributed by atoms with Gasteiger partial charge in [0.15, 0.2) is 0 Å². The molecule has 0 radical (unpaired) electrons. The summed E-state index contributed by atoms with van der Waals surface area (Å²) in [4.78, 5) is 4.33. The van der Waals surface area contributed by atoms with Crippen LogP contribution in [0.5, 0.6) is 0 Å². The van der Waals surface area contributed by atoms with Crippen LogP contribution in [0, 0.1) is 11.8 Å². The average molecular weight is 109 g/mol. The molecule has 2 rings (SSSR count). The van der Waals surface area contributed by atoms with Crippen molar-refractivity contribution in [1.82, 2.24) is 0 Å². The Kier molecular flexibility index (Phi) is 0.758. The Morgan fingerprint density at radius 2 is 2.38 bits per heavy atom. The monoisotopic (exact) mass is 109 g/mol. The van der Waals surface area contributed by atoms with E-state index in [1.807, 2.05) is 0 Å². The lowest BCUT2D eigenvalue weighted by Crippen LogP contribution is -2.05. The van der Waals surface area contributed by atoms with Crippen LogP contribution in [0.15, 0.2) is 4.99 Å². The predicted molar refractivity (Wildman–Crippen MR) is 34.2 cm³/mol. The van der Waals surface area contributed by atoms with E-state index in [4.69, 9.17) is 0 Å². The van der Waals surface area contributed by atoms with Crippen LogP contribution in [-0.2, 0) is 0 Å². The first kappa shape index (κ1) is 4.54. The number of hydrogen-bond acceptors (Lipinski definition) is 1. The Balaban J connectivity index is 2.23. The summed E-state index contributed by atoms with van der Waals surface area (Å²) in [6.45, 7) is 2.33. The average Bonchev–Trinajstić information content (AvgIpc) is 2.23. The van der Waals surface area contributed by atoms with Crippen molar-refractivity contribution < 1.29 is 0 Å². The first-order valence-corrected chi connectivity index (χ1v) is 3.39. The van der Waals surface area contributed by atoms with Crippen molar-refractivity contribution in [3.05, 3.63) is 0 Å². The molecule has 1 aliphatic heterocycles. The standard InChI is InChI=1S/C7H11N/c1-5-2-7-3-6(5)4-8-7/h4-7H,2-3H2,1H3. The molecule has 0 saturated heterocycles. The minimum atomic E-state index is 0.718. The topological polar surface area (TPSA) is 12.4 Å². The Hall–Kier alpha value is -0.330. The highest BCUT2D eigenvalue weighted by atomic mass is 14.8. The van der Waals surface area contributed by atoms with Crippen molar-refractivity contribution >= 4 is 6.21 Å². The van der Waals surface area contributed by atoms with Crippen molar-refractivity contribution in [3.63, 3.8) is 0 Å². The lowest BCUT2D eigenvalue weighted by Gasteiger charge is -2.09. The van der Waals surface area contributed by atoms with Gasteiger partial charge in [0, 0.05) is 6.21 Å². The second kappa shape index (κ2) is 1.34. The summed E-state index contributed by atoms with van der Waals surface area (Å²) in [5.41, 5.74) is 0. The molecular weight excluding hydrogens is 98.1 g/mol. The van der Waals surface area contributed by atoms with E-state index < -0.39 is 0 Å². The van der Waals surface area contributed by atoms with Gasteiger partial charge in [-0.25, -0.2) is 0 Å². The molecule has 3 atom stereocenters. The molecule has 0 spiro atoms. The molecule has 0 amide bonds. The van der Waals surface area contributed by atoms with Gasteiger partial charge in [0.1, 0.15) is 0 Å². The molecule has 0 aromatic carbocycles. The van der Waals surface area contributed by atoms with E-state index in [-0.39, 0.29) is 0 Å². The van der Waals surface area contributed by atoms with Crippen molar-refractivity contribution in [2.45, 2.75) is 25.8 Å². The van der Waals surface area contributed by atoms with Gasteiger partial charge in [0.25, 0.3) is 0 Å². The Morgan fingerprint density at radius 1 is 1.50 bits per heavy atom. The van der Waals surface area contributed by atoms with Gasteiger partial charge < -0.3 is 0 Å². The molecule has 3 unspecified atom stereocenters. The van der Waals surface area contributed by atoms with Gasteiger partial charge in [-0.2, -0.15) is 0 Å². The number of rotatable bonds is 0. The van der Waals surface area contributed by atoms with Crippen LogP contribution >= 0.6 is 0 Å². The van der Waals surface area contributed by atoms with Gasteiger partial charge >= 0.3 is 0 Å². The molecule has 0 aromatic rings. The minimum Gasteiger partial charge on any atom is -0.294 e. The van der Waals surface area contributed by atoms with Gasteiger partial charge in [-0.15, -0.1) is 0 Å². The van der Waals surface area contributed by atoms with Gasteiger partial charge in [-0.1, -0.05) is 6.92 Å². The van der Waals surface area contributed by atoms with E-state index in [0.29, 0.717) is 0 Å². The van der Waals surface area contributed by atoms with Crippen LogP contribution in [0.2, 0.25) is 0 Å². The molecule has 1 heteroatoms. The summed E-state index contributed by atoms with van der Waals surface area (Å²) >= 11 is 0. The number of hydrogen-bond donors (Lipinski definition) is 0. The third-order valence-electron chi connectivity index (χ3n) is 2.41. The third kappa shape index (κ3) is 0.445. The van der Waals surface area contributed by atoms with Gasteiger partial charge in [0.2, 0.25) is 0 Å². The zero-order chi connectivity index (χ0) is 5.56. The van der Waals surface area contributed by atoms with Crippen LogP contribution in [-0.4, -0.2) is 12.3 Å². The number of nitrogens with zero attached hydrogens (tertiary/aromatic N) is 1. The van der Waals surface area contributed by atoms with Crippen LogP contribution in [0.4, 0.5) is 0 Å². The highest BCUT2D eigenvalue weighted by Gasteiger charge is 2.33. The molecule has 1 aliphatic carbocycles. The number of fused-ring (bicyclic) bond motifs is 2. The summed E-state index contributed by atoms with van der Waals surface area (Å²) in [5, 5.41) is 0. The van der Waals surface area contributed by atoms with Crippen LogP contribution in [0.25, 0.3) is 0 Å². The SMILES string of the molecule is CC1CC2CC1C=N2. The first-order chi connectivity index (χ1) is 3.86. The minimum absolute atomic E-state index is 0.718. The first-order valence-electron chi connectivity index (χ1n) is 3.39. The molecule has 1 nitrogen and oxygen atoms in total. The Labute approximate surface area is 49.8 Å². The molecule has 8 heavy (non-hydrogen) atoms. The van der Waals surface area contributed by atoms with E-state index in [0.717, 1.165) is 17.9 Å². The zero-order valence-corrected chi connectivity index (χ0v) is 5.17. The fourth-order valence-electron chi connectivity index (χ4n) is 1.81. The molecule has 1 saturated carbocycles. The molecule has 2 aliphatic rings. The van der Waals surface area contributed by atoms with Crippen LogP contribution in [0.1, 0.15) is 19.8 Å². The van der Waals surface area contributed by atoms with E-state index in [9.17, 15) is 0 Å². The second-order valence-corrected chi connectivity index (χ2v) is 3.06. The molecule has 1 heterocycles. The lowest BCUT2D eigenvalue weighted by atomic mass is 10.00. The van der Waals surface area contributed by atoms with E-state index in [1.165, 1.54) is 12.8 Å². The van der Waals surface area contributed by atoms with E-state index in [1.54, 1.807) is 0 Å². The Morgan fingerprint density at radius 3 is 2.62 bits per heavy atom. The van der Waals surface area contributed by atoms with Crippen molar-refractivity contribution in [3.8, 4) is 0 Å². The predicted octanol–water partition coefficient (Wildman–Crippen LogP) is 1.49. The van der Waals surface area contributed by atoms with Crippen molar-refractivity contribution in [1.29, 1.82) is 0 Å². The van der Waals surface area contributed by atoms with Crippen LogP contribution in [0.3, 0.4) is 0 Å². The molecular formula is C7H11N. The quantitative estimate of drug-likeness (QED) is 0.447. The maximum atomic E-state index is 4.33. The fourth-order valence-corrected chi connectivity index (χ4v) is 1.81. The summed E-state index contributed by atoms with van der Waals surface area (Å²) < 4.78 is 0. The summed E-state index contributed by atoms with van der Waals surface area (Å²) in [6.07, 6.45) is 4.85. The fraction of sp³-hybridized carbons (Fsp3) is 0.857. The summed E-state index contributed by atoms with van der Waals surface area (Å²) in [6, 6.07) is 0.718. The normalized spacial score (nSPS) is 50.9. The molecule has 1 fully saturated rings. The zero-order valence-electron chi connectivity index (χ0n) is 5.17. The maximum absolute atomic E-state index is 4.33. The largest absolute Gasteiger partial charge is 0.294 e. The second-order valence-electron chi connectivity index (χ2n) is 3.06. The van der Waals surface area contributed by atoms with E-state index >= 15 is 0 Å². The van der Waals surface area contributed by atoms with Gasteiger partial charge in [-0.3, -0.25) is 4.99 Å². The van der Waals surface area contributed by atoms with Gasteiger partial charge in [0.05, 0.1) is 6.04 Å². The highest BCUT2D eigenvalue weighted by Crippen LogP contribution is 2.36. The molecule has 44 valence electrons. The summed E-state index contributed by atoms with van der Waals surface area (Å²) in [5.74, 6) is 1.78. The van der Waals surface area contributed by atoms with E-state index in [2.05, 4.69) is 18.1 Å². The van der Waals surface area contributed by atoms with Crippen molar-refractivity contribution in [2.75, 3.05) is 0 Å². The molecule has 0 aromatic heterocycles. The van der Waals surface area contributed by atoms with Crippen LogP contribution < -0.4 is 0 Å². The maximum Gasteiger partial charge on any atom is 0.0504 e. The smallest absolute Gasteiger partial charge is 0.0504 e. The third-order valence-corrected chi connectivity index (χ3v) is 2.41. The summed E-state index contributed by atoms with van der Waals surface area (Å²) in [7, 11) is 0. The highest BCUT2D eigenvalue weighted by molar-refractivity contribution is 5.65. The Bertz CT molecular complexity index is 128. The molecule has 0 N–H and O–H groups in total.